The molecule has 140 valence electrons. The first-order valence-corrected chi connectivity index (χ1v) is 10.0. The number of aliphatic imine (C=N–C) groups is 1. The summed E-state index contributed by atoms with van der Waals surface area (Å²) in [5.74, 6) is 2.84. The van der Waals surface area contributed by atoms with Gasteiger partial charge in [0.15, 0.2) is 11.6 Å². The van der Waals surface area contributed by atoms with E-state index in [1.807, 2.05) is 42.5 Å². The molecule has 3 aromatic rings. The summed E-state index contributed by atoms with van der Waals surface area (Å²) in [6, 6.07) is 22.0. The molecule has 0 radical (unpaired) electrons. The van der Waals surface area contributed by atoms with Gasteiger partial charge in [0.25, 0.3) is 0 Å². The molecule has 0 unspecified atom stereocenters. The summed E-state index contributed by atoms with van der Waals surface area (Å²) < 4.78 is 6.86. The zero-order valence-corrected chi connectivity index (χ0v) is 16.9. The summed E-state index contributed by atoms with van der Waals surface area (Å²) in [5.41, 5.74) is 2.44. The largest absolute Gasteiger partial charge is 0.453 e. The van der Waals surface area contributed by atoms with E-state index >= 15 is 0 Å². The Kier molecular flexibility index (Phi) is 5.83. The molecule has 0 aliphatic carbocycles. The quantitative estimate of drug-likeness (QED) is 0.522. The molecule has 1 aromatic heterocycles. The molecule has 1 aliphatic heterocycles. The molecule has 1 aliphatic rings. The first kappa shape index (κ1) is 18.4. The van der Waals surface area contributed by atoms with Crippen LogP contribution < -0.4 is 10.1 Å². The number of halogens is 1. The van der Waals surface area contributed by atoms with Gasteiger partial charge in [-0.25, -0.2) is 9.98 Å². The van der Waals surface area contributed by atoms with Crippen LogP contribution in [0, 0.1) is 0 Å². The van der Waals surface area contributed by atoms with Crippen LogP contribution in [0.25, 0.3) is 0 Å². The second-order valence-electron chi connectivity index (χ2n) is 6.50. The van der Waals surface area contributed by atoms with Crippen molar-refractivity contribution in [2.45, 2.75) is 19.3 Å². The highest BCUT2D eigenvalue weighted by Gasteiger charge is 2.13. The van der Waals surface area contributed by atoms with Gasteiger partial charge >= 0.3 is 0 Å². The number of ether oxygens (including phenoxy) is 1. The van der Waals surface area contributed by atoms with Gasteiger partial charge in [-0.2, -0.15) is 0 Å². The van der Waals surface area contributed by atoms with Gasteiger partial charge in [-0.15, -0.1) is 0 Å². The van der Waals surface area contributed by atoms with E-state index in [1.54, 1.807) is 6.20 Å². The molecule has 0 fully saturated rings. The fourth-order valence-corrected chi connectivity index (χ4v) is 3.32. The van der Waals surface area contributed by atoms with Crippen LogP contribution in [0.15, 0.2) is 94.2 Å². The van der Waals surface area contributed by atoms with Crippen LogP contribution in [0.2, 0.25) is 0 Å². The Morgan fingerprint density at radius 1 is 1.04 bits per heavy atom. The average molecular weight is 434 g/mol. The number of hydrogen-bond acceptors (Lipinski definition) is 3. The third-order valence-corrected chi connectivity index (χ3v) is 4.76. The number of allylic oxidation sites excluding steroid dienone is 2. The molecule has 1 N–H and O–H groups in total. The first-order valence-electron chi connectivity index (χ1n) is 9.22. The summed E-state index contributed by atoms with van der Waals surface area (Å²) in [6.45, 7) is 0. The lowest BCUT2D eigenvalue weighted by molar-refractivity contribution is 0.481. The van der Waals surface area contributed by atoms with Crippen molar-refractivity contribution in [2.75, 3.05) is 0 Å². The maximum atomic E-state index is 6.01. The minimum absolute atomic E-state index is 0.565. The molecule has 0 spiro atoms. The van der Waals surface area contributed by atoms with E-state index in [1.165, 1.54) is 11.3 Å². The molecule has 0 amide bonds. The topological polar surface area (TPSA) is 46.5 Å². The van der Waals surface area contributed by atoms with Crippen LogP contribution in [-0.2, 0) is 6.42 Å². The van der Waals surface area contributed by atoms with E-state index in [4.69, 9.17) is 9.73 Å². The fourth-order valence-electron chi connectivity index (χ4n) is 3.01. The molecule has 4 nitrogen and oxygen atoms in total. The highest BCUT2D eigenvalue weighted by Crippen LogP contribution is 2.32. The Morgan fingerprint density at radius 3 is 2.57 bits per heavy atom. The minimum atomic E-state index is 0.565. The number of aromatic nitrogens is 1. The van der Waals surface area contributed by atoms with Gasteiger partial charge in [-0.1, -0.05) is 54.6 Å². The van der Waals surface area contributed by atoms with E-state index in [2.05, 4.69) is 56.6 Å². The Hall–Kier alpha value is -2.92. The second kappa shape index (κ2) is 8.85. The molecule has 0 saturated heterocycles. The molecule has 2 aromatic carbocycles. The Balaban J connectivity index is 1.54. The van der Waals surface area contributed by atoms with Crippen LogP contribution in [-0.4, -0.2) is 10.8 Å². The normalized spacial score (nSPS) is 15.0. The summed E-state index contributed by atoms with van der Waals surface area (Å²) >= 11 is 3.47. The number of nitrogens with zero attached hydrogens (tertiary/aromatic N) is 2. The van der Waals surface area contributed by atoms with Gasteiger partial charge in [0.05, 0.1) is 0 Å². The summed E-state index contributed by atoms with van der Waals surface area (Å²) in [7, 11) is 0. The van der Waals surface area contributed by atoms with Gasteiger partial charge in [0, 0.05) is 35.3 Å². The Labute approximate surface area is 173 Å². The molecule has 2 heterocycles. The summed E-state index contributed by atoms with van der Waals surface area (Å²) in [6.07, 6.45) is 6.64. The smallest absolute Gasteiger partial charge is 0.197 e. The van der Waals surface area contributed by atoms with Gasteiger partial charge in [0.1, 0.15) is 11.6 Å². The van der Waals surface area contributed by atoms with Gasteiger partial charge in [-0.3, -0.25) is 0 Å². The van der Waals surface area contributed by atoms with Crippen LogP contribution in [0.1, 0.15) is 18.4 Å². The van der Waals surface area contributed by atoms with Crippen molar-refractivity contribution in [3.05, 3.63) is 94.7 Å². The van der Waals surface area contributed by atoms with E-state index in [-0.39, 0.29) is 0 Å². The maximum Gasteiger partial charge on any atom is 0.197 e. The van der Waals surface area contributed by atoms with Gasteiger partial charge < -0.3 is 10.1 Å². The van der Waals surface area contributed by atoms with Gasteiger partial charge in [0.2, 0.25) is 0 Å². The first-order chi connectivity index (χ1) is 13.8. The van der Waals surface area contributed by atoms with E-state index in [9.17, 15) is 0 Å². The van der Waals surface area contributed by atoms with Crippen LogP contribution >= 0.6 is 15.9 Å². The fraction of sp³-hybridized carbons (Fsp3) is 0.130. The summed E-state index contributed by atoms with van der Waals surface area (Å²) in [5, 5.41) is 3.46. The van der Waals surface area contributed by atoms with Crippen molar-refractivity contribution in [3.8, 4) is 11.5 Å². The predicted octanol–water partition coefficient (Wildman–Crippen LogP) is 6.18. The van der Waals surface area contributed by atoms with Crippen molar-refractivity contribution in [1.82, 2.24) is 10.3 Å². The van der Waals surface area contributed by atoms with Crippen LogP contribution in [0.3, 0.4) is 0 Å². The zero-order chi connectivity index (χ0) is 19.2. The van der Waals surface area contributed by atoms with Crippen LogP contribution in [0.5, 0.6) is 11.5 Å². The molecule has 0 bridgehead atoms. The third kappa shape index (κ3) is 4.87. The number of rotatable bonds is 5. The lowest BCUT2D eigenvalue weighted by Gasteiger charge is -2.18. The van der Waals surface area contributed by atoms with Crippen molar-refractivity contribution >= 4 is 27.6 Å². The molecule has 28 heavy (non-hydrogen) atoms. The average Bonchev–Trinajstić information content (AvgIpc) is 2.72. The lowest BCUT2D eigenvalue weighted by atomic mass is 10.1. The predicted molar refractivity (Wildman–Crippen MR) is 116 cm³/mol. The van der Waals surface area contributed by atoms with Crippen molar-refractivity contribution in [2.24, 2.45) is 4.99 Å². The molecule has 0 atom stereocenters. The zero-order valence-electron chi connectivity index (χ0n) is 15.3. The highest BCUT2D eigenvalue weighted by molar-refractivity contribution is 9.10. The summed E-state index contributed by atoms with van der Waals surface area (Å²) in [4.78, 5) is 9.21. The van der Waals surface area contributed by atoms with Crippen molar-refractivity contribution in [1.29, 1.82) is 0 Å². The van der Waals surface area contributed by atoms with Crippen LogP contribution in [0.4, 0.5) is 5.82 Å². The molecule has 4 rings (SSSR count). The van der Waals surface area contributed by atoms with E-state index in [0.717, 1.165) is 35.3 Å². The van der Waals surface area contributed by atoms with Gasteiger partial charge in [-0.05, 0) is 40.0 Å². The molecular weight excluding hydrogens is 414 g/mol. The molecular formula is C23H20BrN3O. The number of pyridine rings is 1. The maximum absolute atomic E-state index is 6.01. The lowest BCUT2D eigenvalue weighted by Crippen LogP contribution is -2.27. The molecule has 5 heteroatoms. The SMILES string of the molecule is Brc1cnc(N=C2CCC=C(Cc3ccccc3)N2)c(Oc2ccccc2)c1. The number of para-hydroxylation sites is 1. The highest BCUT2D eigenvalue weighted by atomic mass is 79.9. The second-order valence-corrected chi connectivity index (χ2v) is 7.42. The van der Waals surface area contributed by atoms with E-state index in [0.29, 0.717) is 11.6 Å². The standard InChI is InChI=1S/C23H20BrN3O/c24-18-15-21(28-20-11-5-2-6-12-20)23(25-16-18)27-22-13-7-10-19(26-22)14-17-8-3-1-4-9-17/h1-6,8-12,15-16H,7,13-14H2,(H,25,26,27). The number of hydrogen-bond donors (Lipinski definition) is 1. The van der Waals surface area contributed by atoms with Crippen molar-refractivity contribution in [3.63, 3.8) is 0 Å². The van der Waals surface area contributed by atoms with Crippen molar-refractivity contribution < 1.29 is 4.74 Å². The minimum Gasteiger partial charge on any atom is -0.453 e. The number of benzene rings is 2. The van der Waals surface area contributed by atoms with E-state index < -0.39 is 0 Å². The third-order valence-electron chi connectivity index (χ3n) is 4.33. The molecule has 0 saturated carbocycles. The Morgan fingerprint density at radius 2 is 1.79 bits per heavy atom. The number of amidine groups is 1. The monoisotopic (exact) mass is 433 g/mol. The number of nitrogens with one attached hydrogen (secondary N) is 1. The Bertz CT molecular complexity index is 1000.